The zero-order valence-electron chi connectivity index (χ0n) is 28.6. The van der Waals surface area contributed by atoms with Crippen molar-refractivity contribution in [1.82, 2.24) is 15.0 Å². The standard InChI is InChI=1S/C49H31N3O/c1-4-13-32(14-5-1)33-23-29-38(30-24-33)49-51-42(35-17-8-3-9-18-35)31-43(52-49)36-25-27-37(28-26-36)47-46-40-19-10-11-22-44(40)53-48(46)45-39(20-12-21-41(45)50-47)34-15-6-2-7-16-34/h1-31H. The maximum absolute atomic E-state index is 6.67. The van der Waals surface area contributed by atoms with Crippen molar-refractivity contribution in [3.63, 3.8) is 0 Å². The number of hydrogen-bond acceptors (Lipinski definition) is 4. The summed E-state index contributed by atoms with van der Waals surface area (Å²) in [7, 11) is 0. The summed E-state index contributed by atoms with van der Waals surface area (Å²) in [5, 5.41) is 3.08. The molecule has 0 aliphatic rings. The molecular formula is C49H31N3O. The highest BCUT2D eigenvalue weighted by Crippen LogP contribution is 2.43. The van der Waals surface area contributed by atoms with Gasteiger partial charge in [0.1, 0.15) is 11.2 Å². The van der Waals surface area contributed by atoms with Gasteiger partial charge in [0, 0.05) is 27.6 Å². The summed E-state index contributed by atoms with van der Waals surface area (Å²) >= 11 is 0. The molecule has 0 spiro atoms. The zero-order valence-corrected chi connectivity index (χ0v) is 28.6. The van der Waals surface area contributed by atoms with Crippen LogP contribution in [-0.4, -0.2) is 15.0 Å². The highest BCUT2D eigenvalue weighted by molar-refractivity contribution is 6.22. The molecule has 0 aliphatic carbocycles. The third-order valence-electron chi connectivity index (χ3n) is 9.92. The molecule has 0 aliphatic heterocycles. The highest BCUT2D eigenvalue weighted by atomic mass is 16.3. The molecule has 0 radical (unpaired) electrons. The van der Waals surface area contributed by atoms with E-state index in [1.807, 2.05) is 42.5 Å². The first kappa shape index (κ1) is 30.6. The monoisotopic (exact) mass is 677 g/mol. The average molecular weight is 678 g/mol. The Balaban J connectivity index is 1.10. The van der Waals surface area contributed by atoms with Crippen molar-refractivity contribution in [3.8, 4) is 67.4 Å². The van der Waals surface area contributed by atoms with Crippen LogP contribution in [-0.2, 0) is 0 Å². The van der Waals surface area contributed by atoms with E-state index in [-0.39, 0.29) is 0 Å². The van der Waals surface area contributed by atoms with Crippen molar-refractivity contribution >= 4 is 32.8 Å². The normalized spacial score (nSPS) is 11.4. The number of hydrogen-bond donors (Lipinski definition) is 0. The largest absolute Gasteiger partial charge is 0.455 e. The Morgan fingerprint density at radius 3 is 1.58 bits per heavy atom. The second-order valence-electron chi connectivity index (χ2n) is 13.2. The molecule has 0 saturated heterocycles. The predicted molar refractivity (Wildman–Crippen MR) is 217 cm³/mol. The van der Waals surface area contributed by atoms with E-state index >= 15 is 0 Å². The van der Waals surface area contributed by atoms with Crippen LogP contribution >= 0.6 is 0 Å². The first-order chi connectivity index (χ1) is 26.3. The Morgan fingerprint density at radius 2 is 0.887 bits per heavy atom. The molecule has 7 aromatic carbocycles. The molecule has 3 aromatic heterocycles. The predicted octanol–water partition coefficient (Wildman–Crippen LogP) is 12.9. The maximum atomic E-state index is 6.67. The highest BCUT2D eigenvalue weighted by Gasteiger charge is 2.20. The smallest absolute Gasteiger partial charge is 0.160 e. The summed E-state index contributed by atoms with van der Waals surface area (Å²) in [4.78, 5) is 15.5. The fourth-order valence-corrected chi connectivity index (χ4v) is 7.29. The molecule has 248 valence electrons. The summed E-state index contributed by atoms with van der Waals surface area (Å²) in [5.41, 5.74) is 13.8. The van der Waals surface area contributed by atoms with Crippen LogP contribution in [0, 0.1) is 0 Å². The van der Waals surface area contributed by atoms with Crippen LogP contribution in [0.25, 0.3) is 100 Å². The first-order valence-electron chi connectivity index (χ1n) is 17.8. The summed E-state index contributed by atoms with van der Waals surface area (Å²) < 4.78 is 6.67. The van der Waals surface area contributed by atoms with Crippen LogP contribution in [0.5, 0.6) is 0 Å². The van der Waals surface area contributed by atoms with Gasteiger partial charge in [-0.1, -0.05) is 170 Å². The second kappa shape index (κ2) is 12.9. The Kier molecular flexibility index (Phi) is 7.43. The van der Waals surface area contributed by atoms with E-state index < -0.39 is 0 Å². The third-order valence-corrected chi connectivity index (χ3v) is 9.92. The maximum Gasteiger partial charge on any atom is 0.160 e. The van der Waals surface area contributed by atoms with Gasteiger partial charge in [-0.3, -0.25) is 0 Å². The van der Waals surface area contributed by atoms with E-state index in [4.69, 9.17) is 19.4 Å². The van der Waals surface area contributed by atoms with Gasteiger partial charge in [-0.25, -0.2) is 15.0 Å². The van der Waals surface area contributed by atoms with Crippen molar-refractivity contribution in [2.45, 2.75) is 0 Å². The average Bonchev–Trinajstić information content (AvgIpc) is 3.64. The molecule has 3 heterocycles. The van der Waals surface area contributed by atoms with E-state index in [0.29, 0.717) is 5.82 Å². The number of fused-ring (bicyclic) bond motifs is 5. The van der Waals surface area contributed by atoms with Crippen LogP contribution in [0.1, 0.15) is 0 Å². The van der Waals surface area contributed by atoms with Crippen molar-refractivity contribution in [2.24, 2.45) is 0 Å². The minimum Gasteiger partial charge on any atom is -0.455 e. The minimum absolute atomic E-state index is 0.682. The molecule has 0 saturated carbocycles. The van der Waals surface area contributed by atoms with Crippen molar-refractivity contribution < 1.29 is 4.42 Å². The van der Waals surface area contributed by atoms with Crippen LogP contribution in [0.2, 0.25) is 0 Å². The molecule has 0 bridgehead atoms. The molecular weight excluding hydrogens is 647 g/mol. The van der Waals surface area contributed by atoms with Gasteiger partial charge in [0.15, 0.2) is 5.82 Å². The molecule has 10 aromatic rings. The summed E-state index contributed by atoms with van der Waals surface area (Å²) in [6.07, 6.45) is 0. The fraction of sp³-hybridized carbons (Fsp3) is 0. The number of furan rings is 1. The van der Waals surface area contributed by atoms with E-state index in [9.17, 15) is 0 Å². The molecule has 0 N–H and O–H groups in total. The number of aromatic nitrogens is 3. The molecule has 0 unspecified atom stereocenters. The van der Waals surface area contributed by atoms with Gasteiger partial charge in [-0.05, 0) is 40.5 Å². The van der Waals surface area contributed by atoms with Crippen LogP contribution < -0.4 is 0 Å². The lowest BCUT2D eigenvalue weighted by atomic mass is 9.96. The summed E-state index contributed by atoms with van der Waals surface area (Å²) in [6.45, 7) is 0. The second-order valence-corrected chi connectivity index (χ2v) is 13.2. The van der Waals surface area contributed by atoms with Gasteiger partial charge in [0.2, 0.25) is 0 Å². The Morgan fingerprint density at radius 1 is 0.358 bits per heavy atom. The lowest BCUT2D eigenvalue weighted by Gasteiger charge is -2.12. The molecule has 10 rings (SSSR count). The Hall–Kier alpha value is -7.17. The van der Waals surface area contributed by atoms with Crippen molar-refractivity contribution in [2.75, 3.05) is 0 Å². The number of benzene rings is 7. The molecule has 4 heteroatoms. The van der Waals surface area contributed by atoms with Crippen LogP contribution in [0.3, 0.4) is 0 Å². The minimum atomic E-state index is 0.682. The molecule has 0 atom stereocenters. The van der Waals surface area contributed by atoms with E-state index in [1.54, 1.807) is 0 Å². The Labute approximate surface area is 306 Å². The van der Waals surface area contributed by atoms with Gasteiger partial charge < -0.3 is 4.42 Å². The number of rotatable bonds is 6. The van der Waals surface area contributed by atoms with Crippen LogP contribution in [0.15, 0.2) is 192 Å². The van der Waals surface area contributed by atoms with E-state index in [2.05, 4.69) is 146 Å². The molecule has 0 amide bonds. The van der Waals surface area contributed by atoms with Crippen molar-refractivity contribution in [1.29, 1.82) is 0 Å². The number of pyridine rings is 1. The Bertz CT molecular complexity index is 2900. The van der Waals surface area contributed by atoms with Crippen LogP contribution in [0.4, 0.5) is 0 Å². The topological polar surface area (TPSA) is 51.8 Å². The quantitative estimate of drug-likeness (QED) is 0.176. The zero-order chi connectivity index (χ0) is 35.1. The van der Waals surface area contributed by atoms with E-state index in [1.165, 1.54) is 5.56 Å². The van der Waals surface area contributed by atoms with Gasteiger partial charge in [-0.2, -0.15) is 0 Å². The lowest BCUT2D eigenvalue weighted by Crippen LogP contribution is -1.96. The summed E-state index contributed by atoms with van der Waals surface area (Å²) in [5.74, 6) is 0.682. The first-order valence-corrected chi connectivity index (χ1v) is 17.8. The van der Waals surface area contributed by atoms with Gasteiger partial charge in [-0.15, -0.1) is 0 Å². The van der Waals surface area contributed by atoms with E-state index in [0.717, 1.165) is 88.9 Å². The van der Waals surface area contributed by atoms with Gasteiger partial charge in [0.25, 0.3) is 0 Å². The third kappa shape index (κ3) is 5.54. The molecule has 53 heavy (non-hydrogen) atoms. The fourth-order valence-electron chi connectivity index (χ4n) is 7.29. The number of para-hydroxylation sites is 1. The lowest BCUT2D eigenvalue weighted by molar-refractivity contribution is 0.672. The molecule has 4 nitrogen and oxygen atoms in total. The number of nitrogens with zero attached hydrogens (tertiary/aromatic N) is 3. The SMILES string of the molecule is c1ccc(-c2ccc(-c3nc(-c4ccccc4)cc(-c4ccc(-c5nc6cccc(-c7ccccc7)c6c6oc7ccccc7c56)cc4)n3)cc2)cc1. The van der Waals surface area contributed by atoms with Gasteiger partial charge >= 0.3 is 0 Å². The molecule has 0 fully saturated rings. The van der Waals surface area contributed by atoms with Gasteiger partial charge in [0.05, 0.1) is 33.4 Å². The van der Waals surface area contributed by atoms with Crippen molar-refractivity contribution in [3.05, 3.63) is 188 Å². The summed E-state index contributed by atoms with van der Waals surface area (Å²) in [6, 6.07) is 64.8.